The van der Waals surface area contributed by atoms with Crippen molar-refractivity contribution in [1.29, 1.82) is 0 Å². The first kappa shape index (κ1) is 26.7. The minimum Gasteiger partial charge on any atom is -0.471 e. The van der Waals surface area contributed by atoms with Crippen molar-refractivity contribution in [3.63, 3.8) is 0 Å². The van der Waals surface area contributed by atoms with Crippen LogP contribution in [0.3, 0.4) is 0 Å². The molecule has 0 amide bonds. The fourth-order valence-electron chi connectivity index (χ4n) is 6.88. The van der Waals surface area contributed by atoms with Gasteiger partial charge in [-0.3, -0.25) is 4.90 Å². The van der Waals surface area contributed by atoms with Crippen molar-refractivity contribution in [2.24, 2.45) is 11.8 Å². The minimum absolute atomic E-state index is 0. The van der Waals surface area contributed by atoms with Gasteiger partial charge in [-0.2, -0.15) is 0 Å². The third kappa shape index (κ3) is 4.26. The van der Waals surface area contributed by atoms with Crippen LogP contribution in [0.1, 0.15) is 26.6 Å². The van der Waals surface area contributed by atoms with Crippen LogP contribution in [0.4, 0.5) is 0 Å². The van der Waals surface area contributed by atoms with E-state index in [4.69, 9.17) is 18.9 Å². The summed E-state index contributed by atoms with van der Waals surface area (Å²) in [5, 5.41) is 52.4. The molecule has 10 atom stereocenters. The molecule has 6 N–H and O–H groups in total. The van der Waals surface area contributed by atoms with Gasteiger partial charge in [0.25, 0.3) is 0 Å². The second-order valence-electron chi connectivity index (χ2n) is 10.6. The molecule has 1 aromatic heterocycles. The smallest absolute Gasteiger partial charge is 0.337 e. The minimum atomic E-state index is -1.62. The van der Waals surface area contributed by atoms with Gasteiger partial charge >= 0.3 is 5.97 Å². The Morgan fingerprint density at radius 1 is 1.13 bits per heavy atom. The van der Waals surface area contributed by atoms with E-state index in [2.05, 4.69) is 16.0 Å². The molecular weight excluding hydrogens is 512 g/mol. The van der Waals surface area contributed by atoms with E-state index >= 15 is 0 Å². The number of para-hydroxylation sites is 1. The number of rotatable bonds is 5. The van der Waals surface area contributed by atoms with Crippen molar-refractivity contribution in [1.82, 2.24) is 9.88 Å². The van der Waals surface area contributed by atoms with E-state index in [0.717, 1.165) is 23.0 Å². The van der Waals surface area contributed by atoms with Gasteiger partial charge in [-0.05, 0) is 24.5 Å². The number of piperidine rings is 1. The Labute approximate surface area is 227 Å². The lowest BCUT2D eigenvalue weighted by atomic mass is 9.70. The third-order valence-electron chi connectivity index (χ3n) is 8.78. The number of H-pyrrole nitrogens is 1. The fourth-order valence-corrected chi connectivity index (χ4v) is 6.88. The lowest BCUT2D eigenvalue weighted by Crippen LogP contribution is -2.63. The molecule has 0 aliphatic carbocycles. The maximum absolute atomic E-state index is 12.8. The average molecular weight is 551 g/mol. The van der Waals surface area contributed by atoms with Gasteiger partial charge < -0.3 is 49.5 Å². The van der Waals surface area contributed by atoms with E-state index in [-0.39, 0.29) is 15.5 Å². The second kappa shape index (κ2) is 10.5. The second-order valence-corrected chi connectivity index (χ2v) is 10.6. The first-order valence-electron chi connectivity index (χ1n) is 13.2. The number of hydrogen-bond acceptors (Lipinski definition) is 11. The van der Waals surface area contributed by atoms with E-state index in [9.17, 15) is 30.3 Å². The Bertz CT molecular complexity index is 1260. The topological polar surface area (TPSA) is 174 Å². The molecule has 0 radical (unpaired) electrons. The summed E-state index contributed by atoms with van der Waals surface area (Å²) in [4.78, 5) is 18.6. The molecule has 2 aromatic rings. The van der Waals surface area contributed by atoms with Crippen molar-refractivity contribution >= 4 is 16.9 Å². The Morgan fingerprint density at radius 2 is 1.92 bits per heavy atom. The Hall–Kier alpha value is -2.55. The van der Waals surface area contributed by atoms with E-state index in [1.165, 1.54) is 18.9 Å². The van der Waals surface area contributed by atoms with Gasteiger partial charge in [0.1, 0.15) is 24.4 Å². The van der Waals surface area contributed by atoms with Crippen molar-refractivity contribution in [2.75, 3.05) is 26.9 Å². The van der Waals surface area contributed by atoms with Crippen LogP contribution in [0.25, 0.3) is 10.9 Å². The highest BCUT2D eigenvalue weighted by molar-refractivity contribution is 5.89. The molecule has 6 rings (SSSR count). The standard InChI is InChI=1S/C27H34N2O10.2H2/c1-36-25(35)15-11-37-26(39-27-24(34)23(33)22(32)19(10-31)38-27)20-14(15)8-17-21-13(6-7-29(17)18(20)9-30)12-4-2-3-5-16(12)28-21;;/h2-5,11,14,17-20,22-24,26-28,30-34H,6-10H2,1H3;2*1H/t14?,17-,18+,19-,20?,22-,23+,24-,26+,27+;;/m1../s1. The van der Waals surface area contributed by atoms with Gasteiger partial charge in [-0.25, -0.2) is 4.79 Å². The third-order valence-corrected chi connectivity index (χ3v) is 8.78. The molecule has 4 aliphatic heterocycles. The van der Waals surface area contributed by atoms with Crippen molar-refractivity contribution in [3.05, 3.63) is 47.4 Å². The number of aliphatic hydroxyl groups excluding tert-OH is 5. The van der Waals surface area contributed by atoms with Gasteiger partial charge in [-0.1, -0.05) is 18.2 Å². The molecule has 0 spiro atoms. The number of fused-ring (bicyclic) bond motifs is 6. The molecule has 4 aliphatic rings. The predicted molar refractivity (Wildman–Crippen MR) is 138 cm³/mol. The Balaban J connectivity index is 0.00000194. The number of esters is 1. The normalized spacial score (nSPS) is 38.3. The van der Waals surface area contributed by atoms with Crippen molar-refractivity contribution in [3.8, 4) is 0 Å². The number of aromatic amines is 1. The van der Waals surface area contributed by atoms with Crippen LogP contribution in [0.5, 0.6) is 0 Å². The van der Waals surface area contributed by atoms with Crippen LogP contribution in [-0.2, 0) is 30.2 Å². The quantitative estimate of drug-likeness (QED) is 0.272. The van der Waals surface area contributed by atoms with E-state index in [1.807, 2.05) is 18.2 Å². The van der Waals surface area contributed by atoms with Gasteiger partial charge in [0.05, 0.1) is 38.2 Å². The molecule has 2 unspecified atom stereocenters. The molecule has 39 heavy (non-hydrogen) atoms. The summed E-state index contributed by atoms with van der Waals surface area (Å²) in [5.41, 5.74) is 3.64. The highest BCUT2D eigenvalue weighted by Gasteiger charge is 2.55. The Morgan fingerprint density at radius 3 is 2.67 bits per heavy atom. The van der Waals surface area contributed by atoms with Crippen LogP contribution >= 0.6 is 0 Å². The number of aromatic nitrogens is 1. The summed E-state index contributed by atoms with van der Waals surface area (Å²) in [6.07, 6.45) is -5.86. The van der Waals surface area contributed by atoms with Gasteiger partial charge in [0, 0.05) is 43.9 Å². The highest BCUT2D eigenvalue weighted by Crippen LogP contribution is 2.51. The summed E-state index contributed by atoms with van der Waals surface area (Å²) < 4.78 is 22.5. The van der Waals surface area contributed by atoms with Crippen LogP contribution in [0, 0.1) is 11.8 Å². The molecule has 12 heteroatoms. The number of nitrogens with one attached hydrogen (secondary N) is 1. The zero-order valence-electron chi connectivity index (χ0n) is 21.4. The number of nitrogens with zero attached hydrogens (tertiary/aromatic N) is 1. The fraction of sp³-hybridized carbons (Fsp3) is 0.593. The zero-order chi connectivity index (χ0) is 27.4. The first-order valence-corrected chi connectivity index (χ1v) is 13.2. The van der Waals surface area contributed by atoms with Crippen LogP contribution in [0.15, 0.2) is 36.1 Å². The SMILES string of the molecule is COC(=O)C1=CO[C@@H](O[C@@H]2O[C@H](CO)[C@@H](O)[C@H](O)[C@H]2O)C2C1C[C@@H]1c3[nH]c4ccccc4c3CCN1[C@H]2CO.[HH].[HH]. The first-order chi connectivity index (χ1) is 18.9. The van der Waals surface area contributed by atoms with Crippen molar-refractivity contribution in [2.45, 2.75) is 61.9 Å². The molecular formula is C27H38N2O10. The number of ether oxygens (including phenoxy) is 4. The molecule has 5 heterocycles. The highest BCUT2D eigenvalue weighted by atomic mass is 16.8. The Kier molecular flexibility index (Phi) is 7.14. The van der Waals surface area contributed by atoms with Crippen LogP contribution in [0.2, 0.25) is 0 Å². The average Bonchev–Trinajstić information content (AvgIpc) is 3.35. The van der Waals surface area contributed by atoms with E-state index < -0.39 is 67.4 Å². The molecule has 2 saturated heterocycles. The number of aliphatic hydroxyl groups is 5. The number of methoxy groups -OCH3 is 1. The monoisotopic (exact) mass is 550 g/mol. The predicted octanol–water partition coefficient (Wildman–Crippen LogP) is -0.214. The summed E-state index contributed by atoms with van der Waals surface area (Å²) in [6.45, 7) is -0.187. The van der Waals surface area contributed by atoms with Gasteiger partial charge in [-0.15, -0.1) is 0 Å². The summed E-state index contributed by atoms with van der Waals surface area (Å²) in [6, 6.07) is 7.51. The molecule has 216 valence electrons. The number of hydrogen-bond donors (Lipinski definition) is 6. The number of carbonyl (C=O) groups excluding carboxylic acids is 1. The maximum Gasteiger partial charge on any atom is 0.337 e. The molecule has 0 bridgehead atoms. The maximum atomic E-state index is 12.8. The van der Waals surface area contributed by atoms with Crippen molar-refractivity contribution < 1.29 is 52.1 Å². The van der Waals surface area contributed by atoms with Gasteiger partial charge in [0.15, 0.2) is 6.29 Å². The van der Waals surface area contributed by atoms with Crippen LogP contribution in [-0.4, -0.2) is 111 Å². The van der Waals surface area contributed by atoms with E-state index in [0.29, 0.717) is 18.5 Å². The largest absolute Gasteiger partial charge is 0.471 e. The number of carbonyl (C=O) groups is 1. The summed E-state index contributed by atoms with van der Waals surface area (Å²) in [5.74, 6) is -1.55. The zero-order valence-corrected chi connectivity index (χ0v) is 21.4. The van der Waals surface area contributed by atoms with Crippen LogP contribution < -0.4 is 0 Å². The molecule has 1 aromatic carbocycles. The summed E-state index contributed by atoms with van der Waals surface area (Å²) in [7, 11) is 1.30. The lowest BCUT2D eigenvalue weighted by Gasteiger charge is -2.54. The van der Waals surface area contributed by atoms with Gasteiger partial charge in [0.2, 0.25) is 6.29 Å². The number of benzene rings is 1. The molecule has 2 fully saturated rings. The lowest BCUT2D eigenvalue weighted by molar-refractivity contribution is -0.346. The van der Waals surface area contributed by atoms with E-state index in [1.54, 1.807) is 0 Å². The summed E-state index contributed by atoms with van der Waals surface area (Å²) >= 11 is 0. The molecule has 12 nitrogen and oxygen atoms in total. The molecule has 0 saturated carbocycles.